The van der Waals surface area contributed by atoms with Gasteiger partial charge in [-0.2, -0.15) is 0 Å². The summed E-state index contributed by atoms with van der Waals surface area (Å²) in [4.78, 5) is 13.9. The minimum atomic E-state index is -3.14. The Hall–Kier alpha value is -5.58. The Morgan fingerprint density at radius 2 is 0.783 bits per heavy atom. The molecule has 1 heterocycles. The van der Waals surface area contributed by atoms with Gasteiger partial charge in [-0.1, -0.05) is 127 Å². The van der Waals surface area contributed by atoms with Gasteiger partial charge < -0.3 is 4.57 Å². The van der Waals surface area contributed by atoms with E-state index in [2.05, 4.69) is 15.0 Å². The van der Waals surface area contributed by atoms with Crippen LogP contribution in [0.3, 0.4) is 0 Å². The highest BCUT2D eigenvalue weighted by atomic mass is 31.2. The number of halogens is 2. The first-order valence-corrected chi connectivity index (χ1v) is 16.4. The normalized spacial score (nSPS) is 11.3. The maximum Gasteiger partial charge on any atom is 0.171 e. The number of nitrogens with zero attached hydrogens (tertiary/aromatic N) is 3. The van der Waals surface area contributed by atoms with E-state index in [0.717, 1.165) is 27.0 Å². The van der Waals surface area contributed by atoms with Crippen LogP contribution in [0.15, 0.2) is 158 Å². The molecule has 0 fully saturated rings. The number of hydrogen-bond donors (Lipinski definition) is 0. The van der Waals surface area contributed by atoms with Crippen LogP contribution in [0.2, 0.25) is 0 Å². The van der Waals surface area contributed by atoms with Gasteiger partial charge >= 0.3 is 0 Å². The number of hydrogen-bond acceptors (Lipinski definition) is 4. The predicted octanol–water partition coefficient (Wildman–Crippen LogP) is 8.46. The van der Waals surface area contributed by atoms with Gasteiger partial charge in [0.2, 0.25) is 0 Å². The smallest absolute Gasteiger partial charge is 0.171 e. The molecular formula is C39H26F2N3OP. The number of aromatic nitrogens is 3. The Morgan fingerprint density at radius 1 is 0.370 bits per heavy atom. The second-order valence-electron chi connectivity index (χ2n) is 10.7. The first kappa shape index (κ1) is 29.1. The van der Waals surface area contributed by atoms with Gasteiger partial charge in [0.1, 0.15) is 11.6 Å². The van der Waals surface area contributed by atoms with Crippen LogP contribution in [0.25, 0.3) is 45.3 Å². The highest BCUT2D eigenvalue weighted by Crippen LogP contribution is 2.43. The second-order valence-corrected chi connectivity index (χ2v) is 13.5. The van der Waals surface area contributed by atoms with E-state index in [9.17, 15) is 13.3 Å². The molecule has 222 valence electrons. The Labute approximate surface area is 265 Å². The summed E-state index contributed by atoms with van der Waals surface area (Å²) in [7, 11) is -3.14. The third-order valence-corrected chi connectivity index (χ3v) is 10.8. The molecule has 1 aromatic heterocycles. The molecule has 0 atom stereocenters. The van der Waals surface area contributed by atoms with E-state index in [1.165, 1.54) is 24.3 Å². The van der Waals surface area contributed by atoms with E-state index >= 15 is 0 Å². The van der Waals surface area contributed by atoms with Crippen LogP contribution in [-0.2, 0) is 4.57 Å². The van der Waals surface area contributed by atoms with Crippen LogP contribution >= 0.6 is 7.14 Å². The fourth-order valence-corrected chi connectivity index (χ4v) is 8.13. The molecule has 7 aromatic rings. The summed E-state index contributed by atoms with van der Waals surface area (Å²) in [5.74, 6) is 0.0903. The van der Waals surface area contributed by atoms with Gasteiger partial charge in [-0.15, -0.1) is 0 Å². The van der Waals surface area contributed by atoms with E-state index in [4.69, 9.17) is 0 Å². The van der Waals surface area contributed by atoms with Crippen LogP contribution < -0.4 is 15.9 Å². The van der Waals surface area contributed by atoms with Crippen molar-refractivity contribution >= 4 is 23.1 Å². The molecule has 0 unspecified atom stereocenters. The summed E-state index contributed by atoms with van der Waals surface area (Å²) < 4.78 is 43.1. The van der Waals surface area contributed by atoms with Crippen molar-refractivity contribution in [1.82, 2.24) is 15.0 Å². The summed E-state index contributed by atoms with van der Waals surface area (Å²) in [6, 6.07) is 46.7. The minimum Gasteiger partial charge on any atom is -0.309 e. The summed E-state index contributed by atoms with van der Waals surface area (Å²) >= 11 is 0. The summed E-state index contributed by atoms with van der Waals surface area (Å²) in [5.41, 5.74) is 3.50. The zero-order chi connectivity index (χ0) is 31.5. The summed E-state index contributed by atoms with van der Waals surface area (Å²) in [6.45, 7) is 0. The highest BCUT2D eigenvalue weighted by Gasteiger charge is 2.29. The third-order valence-electron chi connectivity index (χ3n) is 7.73. The van der Waals surface area contributed by atoms with Crippen LogP contribution in [0.1, 0.15) is 0 Å². The van der Waals surface area contributed by atoms with Gasteiger partial charge in [0.15, 0.2) is 24.6 Å². The van der Waals surface area contributed by atoms with Gasteiger partial charge in [-0.3, -0.25) is 0 Å². The zero-order valence-electron chi connectivity index (χ0n) is 24.5. The molecule has 0 aliphatic carbocycles. The molecular weight excluding hydrogens is 595 g/mol. The third kappa shape index (κ3) is 5.79. The van der Waals surface area contributed by atoms with Crippen molar-refractivity contribution in [3.05, 3.63) is 169 Å². The average molecular weight is 622 g/mol. The van der Waals surface area contributed by atoms with Gasteiger partial charge in [0.25, 0.3) is 0 Å². The topological polar surface area (TPSA) is 55.7 Å². The lowest BCUT2D eigenvalue weighted by Crippen LogP contribution is -2.25. The fraction of sp³-hybridized carbons (Fsp3) is 0. The van der Waals surface area contributed by atoms with E-state index in [1.807, 2.05) is 109 Å². The van der Waals surface area contributed by atoms with Gasteiger partial charge in [0, 0.05) is 32.6 Å². The lowest BCUT2D eigenvalue weighted by molar-refractivity contribution is 0.592. The van der Waals surface area contributed by atoms with E-state index in [0.29, 0.717) is 22.5 Å². The molecule has 0 bridgehead atoms. The standard InChI is InChI=1S/C39H26F2N3OP/c40-32-13-7-11-30(24-32)38-42-37(43-39(44-38)31-12-8-14-33(41)25-31)28-22-20-27(21-23-28)29-10-9-19-36(26-29)46(45,34-15-3-1-4-16-34)35-17-5-2-6-18-35/h1-26H. The molecule has 6 aromatic carbocycles. The molecule has 0 saturated heterocycles. The molecule has 46 heavy (non-hydrogen) atoms. The van der Waals surface area contributed by atoms with E-state index in [-0.39, 0.29) is 11.6 Å². The van der Waals surface area contributed by atoms with Crippen LogP contribution in [0.5, 0.6) is 0 Å². The molecule has 0 spiro atoms. The zero-order valence-corrected chi connectivity index (χ0v) is 25.4. The first-order chi connectivity index (χ1) is 22.5. The van der Waals surface area contributed by atoms with Crippen molar-refractivity contribution in [2.75, 3.05) is 0 Å². The van der Waals surface area contributed by atoms with Crippen molar-refractivity contribution in [2.24, 2.45) is 0 Å². The predicted molar refractivity (Wildman–Crippen MR) is 181 cm³/mol. The molecule has 0 radical (unpaired) electrons. The molecule has 4 nitrogen and oxygen atoms in total. The lowest BCUT2D eigenvalue weighted by atomic mass is 10.0. The quantitative estimate of drug-likeness (QED) is 0.168. The molecule has 0 N–H and O–H groups in total. The van der Waals surface area contributed by atoms with Crippen molar-refractivity contribution in [1.29, 1.82) is 0 Å². The first-order valence-electron chi connectivity index (χ1n) is 14.7. The van der Waals surface area contributed by atoms with Crippen molar-refractivity contribution in [3.63, 3.8) is 0 Å². The largest absolute Gasteiger partial charge is 0.309 e. The van der Waals surface area contributed by atoms with Crippen molar-refractivity contribution < 1.29 is 13.3 Å². The molecule has 0 amide bonds. The second kappa shape index (κ2) is 12.4. The molecule has 0 saturated carbocycles. The highest BCUT2D eigenvalue weighted by molar-refractivity contribution is 7.85. The maximum atomic E-state index is 14.9. The Kier molecular flexibility index (Phi) is 7.88. The van der Waals surface area contributed by atoms with Crippen molar-refractivity contribution in [2.45, 2.75) is 0 Å². The Balaban J connectivity index is 1.29. The van der Waals surface area contributed by atoms with E-state index in [1.54, 1.807) is 24.3 Å². The number of benzene rings is 6. The van der Waals surface area contributed by atoms with Crippen LogP contribution in [0.4, 0.5) is 8.78 Å². The summed E-state index contributed by atoms with van der Waals surface area (Å²) in [5, 5.41) is 2.28. The fourth-order valence-electron chi connectivity index (χ4n) is 5.43. The SMILES string of the molecule is O=P(c1ccccc1)(c1ccccc1)c1cccc(-c2ccc(-c3nc(-c4cccc(F)c4)nc(-c4cccc(F)c4)n3)cc2)c1. The molecule has 0 aliphatic heterocycles. The minimum absolute atomic E-state index is 0.276. The Bertz CT molecular complexity index is 2100. The Morgan fingerprint density at radius 3 is 1.28 bits per heavy atom. The average Bonchev–Trinajstić information content (AvgIpc) is 3.12. The maximum absolute atomic E-state index is 14.9. The molecule has 7 heteroatoms. The number of rotatable bonds is 7. The summed E-state index contributed by atoms with van der Waals surface area (Å²) in [6.07, 6.45) is 0. The van der Waals surface area contributed by atoms with Gasteiger partial charge in [0.05, 0.1) is 0 Å². The van der Waals surface area contributed by atoms with Gasteiger partial charge in [-0.25, -0.2) is 23.7 Å². The monoisotopic (exact) mass is 621 g/mol. The molecule has 0 aliphatic rings. The van der Waals surface area contributed by atoms with Crippen LogP contribution in [-0.4, -0.2) is 15.0 Å². The van der Waals surface area contributed by atoms with Crippen LogP contribution in [0, 0.1) is 11.6 Å². The van der Waals surface area contributed by atoms with E-state index < -0.39 is 18.8 Å². The van der Waals surface area contributed by atoms with Gasteiger partial charge in [-0.05, 0) is 41.5 Å². The van der Waals surface area contributed by atoms with Crippen molar-refractivity contribution in [3.8, 4) is 45.3 Å². The molecule has 7 rings (SSSR count). The lowest BCUT2D eigenvalue weighted by Gasteiger charge is -2.20.